The second-order valence-corrected chi connectivity index (χ2v) is 2.10. The third-order valence-electron chi connectivity index (χ3n) is 1.26. The second kappa shape index (κ2) is 7.28. The van der Waals surface area contributed by atoms with Crippen molar-refractivity contribution in [3.63, 3.8) is 0 Å². The van der Waals surface area contributed by atoms with Crippen molar-refractivity contribution in [2.24, 2.45) is 0 Å². The zero-order chi connectivity index (χ0) is 10.1. The van der Waals surface area contributed by atoms with E-state index in [1.165, 1.54) is 0 Å². The summed E-state index contributed by atoms with van der Waals surface area (Å²) in [4.78, 5) is 14.9. The Labute approximate surface area is 79.2 Å². The van der Waals surface area contributed by atoms with Crippen molar-refractivity contribution < 1.29 is 4.79 Å². The van der Waals surface area contributed by atoms with E-state index in [2.05, 4.69) is 10.3 Å². The average Bonchev–Trinajstić information content (AvgIpc) is 2.23. The number of rotatable bonds is 2. The lowest BCUT2D eigenvalue weighted by Gasteiger charge is -1.99. The van der Waals surface area contributed by atoms with Crippen molar-refractivity contribution in [3.05, 3.63) is 30.1 Å². The average molecular weight is 180 g/mol. The first-order valence-electron chi connectivity index (χ1n) is 4.53. The van der Waals surface area contributed by atoms with Gasteiger partial charge in [0.1, 0.15) is 0 Å². The summed E-state index contributed by atoms with van der Waals surface area (Å²) in [5.41, 5.74) is 0.606. The van der Waals surface area contributed by atoms with Crippen LogP contribution in [0.25, 0.3) is 0 Å². The van der Waals surface area contributed by atoms with Gasteiger partial charge in [0.25, 0.3) is 5.91 Å². The molecule has 0 radical (unpaired) electrons. The van der Waals surface area contributed by atoms with Gasteiger partial charge in [0.15, 0.2) is 0 Å². The number of hydrogen-bond donors (Lipinski definition) is 1. The van der Waals surface area contributed by atoms with Crippen molar-refractivity contribution in [1.29, 1.82) is 0 Å². The maximum atomic E-state index is 11.1. The molecule has 0 aromatic carbocycles. The SMILES string of the molecule is CC.CCNC(=O)c1cccnc1. The Kier molecular flexibility index (Phi) is 6.51. The molecule has 3 nitrogen and oxygen atoms in total. The van der Waals surface area contributed by atoms with Gasteiger partial charge in [-0.15, -0.1) is 0 Å². The highest BCUT2D eigenvalue weighted by Gasteiger charge is 2.00. The molecule has 0 fully saturated rings. The van der Waals surface area contributed by atoms with E-state index in [1.807, 2.05) is 20.8 Å². The summed E-state index contributed by atoms with van der Waals surface area (Å²) in [7, 11) is 0. The van der Waals surface area contributed by atoms with Crippen molar-refractivity contribution in [2.75, 3.05) is 6.54 Å². The highest BCUT2D eigenvalue weighted by atomic mass is 16.1. The molecule has 0 unspecified atom stereocenters. The molecular weight excluding hydrogens is 164 g/mol. The molecule has 0 spiro atoms. The number of amides is 1. The van der Waals surface area contributed by atoms with Crippen LogP contribution in [0.15, 0.2) is 24.5 Å². The third-order valence-corrected chi connectivity index (χ3v) is 1.26. The molecule has 72 valence electrons. The van der Waals surface area contributed by atoms with Crippen molar-refractivity contribution in [2.45, 2.75) is 20.8 Å². The van der Waals surface area contributed by atoms with E-state index >= 15 is 0 Å². The van der Waals surface area contributed by atoms with Crippen molar-refractivity contribution in [1.82, 2.24) is 10.3 Å². The first kappa shape index (κ1) is 11.6. The Balaban J connectivity index is 0.000000671. The quantitative estimate of drug-likeness (QED) is 0.754. The maximum Gasteiger partial charge on any atom is 0.252 e. The fourth-order valence-electron chi connectivity index (χ4n) is 0.760. The molecule has 1 aromatic heterocycles. The van der Waals surface area contributed by atoms with Crippen LogP contribution >= 0.6 is 0 Å². The lowest BCUT2D eigenvalue weighted by Crippen LogP contribution is -2.22. The lowest BCUT2D eigenvalue weighted by atomic mass is 10.3. The normalized spacial score (nSPS) is 8.23. The fraction of sp³-hybridized carbons (Fsp3) is 0.400. The monoisotopic (exact) mass is 180 g/mol. The number of nitrogens with one attached hydrogen (secondary N) is 1. The van der Waals surface area contributed by atoms with E-state index in [0.717, 1.165) is 0 Å². The number of carbonyl (C=O) groups excluding carboxylic acids is 1. The summed E-state index contributed by atoms with van der Waals surface area (Å²) in [6.07, 6.45) is 3.19. The molecule has 0 aliphatic heterocycles. The van der Waals surface area contributed by atoms with Gasteiger partial charge in [0.05, 0.1) is 5.56 Å². The van der Waals surface area contributed by atoms with Crippen molar-refractivity contribution >= 4 is 5.91 Å². The van der Waals surface area contributed by atoms with Gasteiger partial charge in [0, 0.05) is 18.9 Å². The number of hydrogen-bond acceptors (Lipinski definition) is 2. The Morgan fingerprint density at radius 1 is 1.54 bits per heavy atom. The minimum Gasteiger partial charge on any atom is -0.352 e. The lowest BCUT2D eigenvalue weighted by molar-refractivity contribution is 0.0955. The summed E-state index contributed by atoms with van der Waals surface area (Å²) in [5.74, 6) is -0.0689. The molecule has 0 saturated carbocycles. The third kappa shape index (κ3) is 4.25. The Morgan fingerprint density at radius 2 is 2.23 bits per heavy atom. The molecule has 0 aliphatic rings. The van der Waals surface area contributed by atoms with Crippen LogP contribution in [0.1, 0.15) is 31.1 Å². The van der Waals surface area contributed by atoms with E-state index in [-0.39, 0.29) is 5.91 Å². The molecule has 0 bridgehead atoms. The molecule has 0 atom stereocenters. The van der Waals surface area contributed by atoms with Gasteiger partial charge in [0.2, 0.25) is 0 Å². The zero-order valence-corrected chi connectivity index (χ0v) is 8.37. The highest BCUT2D eigenvalue weighted by Crippen LogP contribution is 1.93. The molecular formula is C10H16N2O. The van der Waals surface area contributed by atoms with Gasteiger partial charge < -0.3 is 5.32 Å². The van der Waals surface area contributed by atoms with Crippen LogP contribution in [0.3, 0.4) is 0 Å². The Hall–Kier alpha value is -1.38. The summed E-state index contributed by atoms with van der Waals surface area (Å²) < 4.78 is 0. The first-order chi connectivity index (χ1) is 6.34. The number of carbonyl (C=O) groups is 1. The van der Waals surface area contributed by atoms with E-state index < -0.39 is 0 Å². The number of aromatic nitrogens is 1. The molecule has 1 amide bonds. The fourth-order valence-corrected chi connectivity index (χ4v) is 0.760. The smallest absolute Gasteiger partial charge is 0.252 e. The second-order valence-electron chi connectivity index (χ2n) is 2.10. The highest BCUT2D eigenvalue weighted by molar-refractivity contribution is 5.93. The minimum atomic E-state index is -0.0689. The molecule has 1 aromatic rings. The van der Waals surface area contributed by atoms with E-state index in [0.29, 0.717) is 12.1 Å². The van der Waals surface area contributed by atoms with Crippen LogP contribution < -0.4 is 5.32 Å². The van der Waals surface area contributed by atoms with Gasteiger partial charge >= 0.3 is 0 Å². The first-order valence-corrected chi connectivity index (χ1v) is 4.53. The summed E-state index contributed by atoms with van der Waals surface area (Å²) in [6, 6.07) is 3.47. The topological polar surface area (TPSA) is 42.0 Å². The molecule has 1 N–H and O–H groups in total. The van der Waals surface area contributed by atoms with Crippen LogP contribution in [-0.2, 0) is 0 Å². The maximum absolute atomic E-state index is 11.1. The molecule has 0 aliphatic carbocycles. The molecule has 3 heteroatoms. The minimum absolute atomic E-state index is 0.0689. The predicted octanol–water partition coefficient (Wildman–Crippen LogP) is 1.86. The van der Waals surface area contributed by atoms with E-state index in [1.54, 1.807) is 24.5 Å². The van der Waals surface area contributed by atoms with Gasteiger partial charge in [-0.2, -0.15) is 0 Å². The standard InChI is InChI=1S/C8H10N2O.C2H6/c1-2-10-8(11)7-4-3-5-9-6-7;1-2/h3-6H,2H2,1H3,(H,10,11);1-2H3. The largest absolute Gasteiger partial charge is 0.352 e. The molecule has 0 saturated heterocycles. The van der Waals surface area contributed by atoms with Crippen LogP contribution in [0, 0.1) is 0 Å². The zero-order valence-electron chi connectivity index (χ0n) is 8.37. The van der Waals surface area contributed by atoms with Gasteiger partial charge in [-0.1, -0.05) is 13.8 Å². The summed E-state index contributed by atoms with van der Waals surface area (Å²) in [5, 5.41) is 2.68. The van der Waals surface area contributed by atoms with Crippen LogP contribution in [0.2, 0.25) is 0 Å². The van der Waals surface area contributed by atoms with Gasteiger partial charge in [-0.25, -0.2) is 0 Å². The Morgan fingerprint density at radius 3 is 2.69 bits per heavy atom. The summed E-state index contributed by atoms with van der Waals surface area (Å²) in [6.45, 7) is 6.53. The molecule has 1 rings (SSSR count). The summed E-state index contributed by atoms with van der Waals surface area (Å²) >= 11 is 0. The van der Waals surface area contributed by atoms with Crippen LogP contribution in [0.5, 0.6) is 0 Å². The number of nitrogens with zero attached hydrogens (tertiary/aromatic N) is 1. The van der Waals surface area contributed by atoms with Crippen LogP contribution in [0.4, 0.5) is 0 Å². The van der Waals surface area contributed by atoms with Crippen molar-refractivity contribution in [3.8, 4) is 0 Å². The van der Waals surface area contributed by atoms with E-state index in [4.69, 9.17) is 0 Å². The van der Waals surface area contributed by atoms with Gasteiger partial charge in [-0.3, -0.25) is 9.78 Å². The number of pyridine rings is 1. The van der Waals surface area contributed by atoms with E-state index in [9.17, 15) is 4.79 Å². The predicted molar refractivity (Wildman–Crippen MR) is 53.6 cm³/mol. The van der Waals surface area contributed by atoms with Gasteiger partial charge in [-0.05, 0) is 19.1 Å². The van der Waals surface area contributed by atoms with Crippen LogP contribution in [-0.4, -0.2) is 17.4 Å². The molecule has 1 heterocycles. The Bertz CT molecular complexity index is 234. The molecule has 13 heavy (non-hydrogen) atoms.